The fraction of sp³-hybridized carbons (Fsp3) is 0.412. The number of aromatic nitrogens is 2. The molecule has 0 unspecified atom stereocenters. The van der Waals surface area contributed by atoms with Crippen molar-refractivity contribution >= 4 is 5.96 Å². The molecule has 0 spiro atoms. The van der Waals surface area contributed by atoms with E-state index in [1.165, 1.54) is 5.56 Å². The minimum Gasteiger partial charge on any atom is -0.493 e. The molecule has 7 nitrogen and oxygen atoms in total. The molecule has 0 aliphatic rings. The molecule has 0 saturated carbocycles. The van der Waals surface area contributed by atoms with Gasteiger partial charge < -0.3 is 20.1 Å². The molecule has 1 heterocycles. The van der Waals surface area contributed by atoms with Gasteiger partial charge in [-0.1, -0.05) is 6.07 Å². The summed E-state index contributed by atoms with van der Waals surface area (Å²) in [7, 11) is 6.94. The van der Waals surface area contributed by atoms with Crippen molar-refractivity contribution in [1.29, 1.82) is 0 Å². The number of methoxy groups -OCH3 is 2. The van der Waals surface area contributed by atoms with E-state index >= 15 is 0 Å². The van der Waals surface area contributed by atoms with Gasteiger partial charge in [0.2, 0.25) is 0 Å². The molecule has 2 aromatic rings. The van der Waals surface area contributed by atoms with Gasteiger partial charge in [0, 0.05) is 33.4 Å². The van der Waals surface area contributed by atoms with E-state index in [0.717, 1.165) is 36.0 Å². The summed E-state index contributed by atoms with van der Waals surface area (Å²) in [6.07, 6.45) is 4.79. The molecule has 130 valence electrons. The highest BCUT2D eigenvalue weighted by Crippen LogP contribution is 2.27. The summed E-state index contributed by atoms with van der Waals surface area (Å²) in [5, 5.41) is 10.7. The highest BCUT2D eigenvalue weighted by atomic mass is 16.5. The van der Waals surface area contributed by atoms with E-state index in [1.807, 2.05) is 37.6 Å². The average Bonchev–Trinajstić information content (AvgIpc) is 3.02. The van der Waals surface area contributed by atoms with Crippen molar-refractivity contribution in [3.05, 3.63) is 41.7 Å². The quantitative estimate of drug-likeness (QED) is 0.592. The Balaban J connectivity index is 1.82. The molecular formula is C17H25N5O2. The number of aliphatic imine (C=N–C) groups is 1. The Morgan fingerprint density at radius 2 is 1.96 bits per heavy atom. The van der Waals surface area contributed by atoms with E-state index in [0.29, 0.717) is 6.54 Å². The maximum Gasteiger partial charge on any atom is 0.191 e. The van der Waals surface area contributed by atoms with E-state index in [2.05, 4.69) is 20.7 Å². The first-order valence-electron chi connectivity index (χ1n) is 7.79. The van der Waals surface area contributed by atoms with Gasteiger partial charge in [0.05, 0.1) is 20.4 Å². The SMILES string of the molecule is CN=C(NCCc1cnn(C)c1)NCc1ccc(OC)c(OC)c1. The van der Waals surface area contributed by atoms with Crippen LogP contribution in [0.25, 0.3) is 0 Å². The van der Waals surface area contributed by atoms with Crippen LogP contribution in [0.1, 0.15) is 11.1 Å². The van der Waals surface area contributed by atoms with Gasteiger partial charge in [-0.25, -0.2) is 0 Å². The minimum absolute atomic E-state index is 0.646. The van der Waals surface area contributed by atoms with Gasteiger partial charge in [-0.3, -0.25) is 9.67 Å². The van der Waals surface area contributed by atoms with Crippen molar-refractivity contribution in [2.45, 2.75) is 13.0 Å². The second-order valence-electron chi connectivity index (χ2n) is 5.31. The predicted molar refractivity (Wildman–Crippen MR) is 94.7 cm³/mol. The number of benzene rings is 1. The lowest BCUT2D eigenvalue weighted by Crippen LogP contribution is -2.37. The smallest absolute Gasteiger partial charge is 0.191 e. The van der Waals surface area contributed by atoms with Crippen molar-refractivity contribution in [3.63, 3.8) is 0 Å². The second kappa shape index (κ2) is 8.81. The number of hydrogen-bond donors (Lipinski definition) is 2. The van der Waals surface area contributed by atoms with Crippen LogP contribution in [0.5, 0.6) is 11.5 Å². The van der Waals surface area contributed by atoms with E-state index in [-0.39, 0.29) is 0 Å². The summed E-state index contributed by atoms with van der Waals surface area (Å²) in [6, 6.07) is 5.85. The summed E-state index contributed by atoms with van der Waals surface area (Å²) in [5.41, 5.74) is 2.28. The van der Waals surface area contributed by atoms with Crippen molar-refractivity contribution in [3.8, 4) is 11.5 Å². The third-order valence-electron chi connectivity index (χ3n) is 3.60. The van der Waals surface area contributed by atoms with Gasteiger partial charge in [0.15, 0.2) is 17.5 Å². The van der Waals surface area contributed by atoms with Crippen molar-refractivity contribution < 1.29 is 9.47 Å². The van der Waals surface area contributed by atoms with Gasteiger partial charge in [0.1, 0.15) is 0 Å². The van der Waals surface area contributed by atoms with Crippen LogP contribution in [0.3, 0.4) is 0 Å². The predicted octanol–water partition coefficient (Wildman–Crippen LogP) is 1.35. The molecule has 0 amide bonds. The summed E-state index contributed by atoms with van der Waals surface area (Å²) >= 11 is 0. The van der Waals surface area contributed by atoms with Gasteiger partial charge in [0.25, 0.3) is 0 Å². The standard InChI is InChI=1S/C17H25N5O2/c1-18-17(19-8-7-14-11-21-22(2)12-14)20-10-13-5-6-15(23-3)16(9-13)24-4/h5-6,9,11-12H,7-8,10H2,1-4H3,(H2,18,19,20). The third kappa shape index (κ3) is 4.91. The minimum atomic E-state index is 0.646. The van der Waals surface area contributed by atoms with Gasteiger partial charge in [-0.05, 0) is 29.7 Å². The monoisotopic (exact) mass is 331 g/mol. The van der Waals surface area contributed by atoms with E-state index < -0.39 is 0 Å². The van der Waals surface area contributed by atoms with Gasteiger partial charge in [-0.2, -0.15) is 5.10 Å². The van der Waals surface area contributed by atoms with E-state index in [4.69, 9.17) is 9.47 Å². The summed E-state index contributed by atoms with van der Waals surface area (Å²) < 4.78 is 12.4. The van der Waals surface area contributed by atoms with Crippen molar-refractivity contribution in [2.75, 3.05) is 27.8 Å². The van der Waals surface area contributed by atoms with Gasteiger partial charge in [-0.15, -0.1) is 0 Å². The molecule has 0 aliphatic carbocycles. The van der Waals surface area contributed by atoms with E-state index in [9.17, 15) is 0 Å². The molecule has 0 saturated heterocycles. The zero-order valence-electron chi connectivity index (χ0n) is 14.7. The molecule has 24 heavy (non-hydrogen) atoms. The number of guanidine groups is 1. The summed E-state index contributed by atoms with van der Waals surface area (Å²) in [4.78, 5) is 4.23. The molecule has 2 rings (SSSR count). The molecule has 0 radical (unpaired) electrons. The maximum absolute atomic E-state index is 5.32. The maximum atomic E-state index is 5.32. The van der Waals surface area contributed by atoms with Crippen LogP contribution in [0.2, 0.25) is 0 Å². The third-order valence-corrected chi connectivity index (χ3v) is 3.60. The van der Waals surface area contributed by atoms with Crippen LogP contribution in [-0.2, 0) is 20.0 Å². The van der Waals surface area contributed by atoms with Crippen LogP contribution < -0.4 is 20.1 Å². The normalized spacial score (nSPS) is 11.2. The zero-order chi connectivity index (χ0) is 17.4. The Morgan fingerprint density at radius 1 is 1.17 bits per heavy atom. The molecule has 0 fully saturated rings. The molecule has 1 aromatic heterocycles. The molecular weight excluding hydrogens is 306 g/mol. The van der Waals surface area contributed by atoms with Crippen molar-refractivity contribution in [2.24, 2.45) is 12.0 Å². The number of aryl methyl sites for hydroxylation is 1. The fourth-order valence-electron chi connectivity index (χ4n) is 2.32. The van der Waals surface area contributed by atoms with Gasteiger partial charge >= 0.3 is 0 Å². The fourth-order valence-corrected chi connectivity index (χ4v) is 2.32. The first-order valence-corrected chi connectivity index (χ1v) is 7.79. The van der Waals surface area contributed by atoms with Crippen LogP contribution in [0.4, 0.5) is 0 Å². The number of hydrogen-bond acceptors (Lipinski definition) is 4. The Labute approximate surface area is 142 Å². The molecule has 0 atom stereocenters. The average molecular weight is 331 g/mol. The molecule has 0 aliphatic heterocycles. The molecule has 0 bridgehead atoms. The lowest BCUT2D eigenvalue weighted by molar-refractivity contribution is 0.354. The Kier molecular flexibility index (Phi) is 6.48. The first-order chi connectivity index (χ1) is 11.7. The number of ether oxygens (including phenoxy) is 2. The molecule has 1 aromatic carbocycles. The molecule has 7 heteroatoms. The summed E-state index contributed by atoms with van der Waals surface area (Å²) in [5.74, 6) is 2.20. The lowest BCUT2D eigenvalue weighted by Gasteiger charge is -2.13. The van der Waals surface area contributed by atoms with Crippen LogP contribution in [0.15, 0.2) is 35.6 Å². The Hall–Kier alpha value is -2.70. The van der Waals surface area contributed by atoms with E-state index in [1.54, 1.807) is 25.9 Å². The van der Waals surface area contributed by atoms with Crippen LogP contribution in [-0.4, -0.2) is 43.6 Å². The lowest BCUT2D eigenvalue weighted by atomic mass is 10.2. The Bertz CT molecular complexity index is 681. The zero-order valence-corrected chi connectivity index (χ0v) is 14.7. The molecule has 2 N–H and O–H groups in total. The highest BCUT2D eigenvalue weighted by molar-refractivity contribution is 5.79. The Morgan fingerprint density at radius 3 is 2.58 bits per heavy atom. The first kappa shape index (κ1) is 17.7. The second-order valence-corrected chi connectivity index (χ2v) is 5.31. The largest absolute Gasteiger partial charge is 0.493 e. The topological polar surface area (TPSA) is 72.7 Å². The van der Waals surface area contributed by atoms with Crippen LogP contribution in [0, 0.1) is 0 Å². The van der Waals surface area contributed by atoms with Crippen LogP contribution >= 0.6 is 0 Å². The number of rotatable bonds is 7. The van der Waals surface area contributed by atoms with Crippen molar-refractivity contribution in [1.82, 2.24) is 20.4 Å². The summed E-state index contributed by atoms with van der Waals surface area (Å²) in [6.45, 7) is 1.43. The number of nitrogens with one attached hydrogen (secondary N) is 2. The highest BCUT2D eigenvalue weighted by Gasteiger charge is 2.05. The number of nitrogens with zero attached hydrogens (tertiary/aromatic N) is 3.